The molecule has 0 spiro atoms. The summed E-state index contributed by atoms with van der Waals surface area (Å²) >= 11 is 0. The van der Waals surface area contributed by atoms with E-state index in [9.17, 15) is 9.90 Å². The van der Waals surface area contributed by atoms with Crippen LogP contribution in [0.5, 0.6) is 5.75 Å². The van der Waals surface area contributed by atoms with Gasteiger partial charge in [-0.05, 0) is 44.6 Å². The Bertz CT molecular complexity index is 991. The van der Waals surface area contributed by atoms with Crippen molar-refractivity contribution in [1.29, 1.82) is 0 Å². The molecule has 1 amide bonds. The molecule has 0 radical (unpaired) electrons. The highest BCUT2D eigenvalue weighted by molar-refractivity contribution is 5.76. The Kier molecular flexibility index (Phi) is 4.47. The summed E-state index contributed by atoms with van der Waals surface area (Å²) in [5.41, 5.74) is 1.02. The number of nitrogens with zero attached hydrogens (tertiary/aromatic N) is 5. The van der Waals surface area contributed by atoms with Crippen LogP contribution in [-0.4, -0.2) is 60.7 Å². The van der Waals surface area contributed by atoms with Crippen molar-refractivity contribution in [3.05, 3.63) is 24.0 Å². The summed E-state index contributed by atoms with van der Waals surface area (Å²) < 4.78 is 7.58. The van der Waals surface area contributed by atoms with E-state index in [1.165, 1.54) is 0 Å². The molecule has 2 saturated carbocycles. The quantitative estimate of drug-likeness (QED) is 0.772. The lowest BCUT2D eigenvalue weighted by Gasteiger charge is -2.14. The van der Waals surface area contributed by atoms with Gasteiger partial charge in [-0.15, -0.1) is 5.10 Å². The Balaban J connectivity index is 1.37. The lowest BCUT2D eigenvalue weighted by atomic mass is 10.2. The minimum absolute atomic E-state index is 0.0602. The van der Waals surface area contributed by atoms with Gasteiger partial charge in [-0.25, -0.2) is 9.67 Å². The average molecular weight is 393 g/mol. The maximum atomic E-state index is 12.3. The van der Waals surface area contributed by atoms with E-state index in [1.54, 1.807) is 17.1 Å². The molecule has 2 aromatic rings. The Morgan fingerprint density at radius 1 is 1.31 bits per heavy atom. The van der Waals surface area contributed by atoms with Crippen molar-refractivity contribution in [3.8, 4) is 29.0 Å². The zero-order valence-electron chi connectivity index (χ0n) is 16.2. The first-order valence-corrected chi connectivity index (χ1v) is 10.2. The maximum absolute atomic E-state index is 12.3. The first-order valence-electron chi connectivity index (χ1n) is 10.2. The van der Waals surface area contributed by atoms with Crippen LogP contribution >= 0.6 is 0 Å². The molecule has 8 heteroatoms. The molecule has 1 N–H and O–H groups in total. The van der Waals surface area contributed by atoms with E-state index in [2.05, 4.69) is 27.1 Å². The van der Waals surface area contributed by atoms with Crippen LogP contribution in [0.25, 0.3) is 11.4 Å². The van der Waals surface area contributed by atoms with Crippen molar-refractivity contribution in [2.75, 3.05) is 13.1 Å². The van der Waals surface area contributed by atoms with Crippen molar-refractivity contribution >= 4 is 5.91 Å². The molecule has 3 aliphatic rings. The number of ether oxygens (including phenoxy) is 1. The fourth-order valence-corrected chi connectivity index (χ4v) is 3.28. The van der Waals surface area contributed by atoms with Gasteiger partial charge in [0.05, 0.1) is 12.3 Å². The Morgan fingerprint density at radius 3 is 2.83 bits per heavy atom. The van der Waals surface area contributed by atoms with Crippen LogP contribution in [0.1, 0.15) is 44.1 Å². The second-order valence-corrected chi connectivity index (χ2v) is 8.06. The van der Waals surface area contributed by atoms with Crippen molar-refractivity contribution < 1.29 is 14.6 Å². The van der Waals surface area contributed by atoms with Crippen LogP contribution in [0.4, 0.5) is 0 Å². The third-order valence-electron chi connectivity index (χ3n) is 5.37. The number of aliphatic hydroxyl groups is 1. The number of carbonyl (C=O) groups is 1. The number of amides is 1. The molecule has 3 heterocycles. The molecule has 150 valence electrons. The Morgan fingerprint density at radius 2 is 2.10 bits per heavy atom. The van der Waals surface area contributed by atoms with Crippen molar-refractivity contribution in [2.24, 2.45) is 0 Å². The topological polar surface area (TPSA) is 93.4 Å². The molecule has 2 aliphatic carbocycles. The van der Waals surface area contributed by atoms with Crippen LogP contribution in [0.15, 0.2) is 18.5 Å². The summed E-state index contributed by atoms with van der Waals surface area (Å²) in [7, 11) is 0. The number of hydrogen-bond acceptors (Lipinski definition) is 6. The molecule has 0 atom stereocenters. The number of rotatable bonds is 5. The van der Waals surface area contributed by atoms with Gasteiger partial charge in [0.2, 0.25) is 5.91 Å². The number of carbonyl (C=O) groups excluding carboxylic acids is 1. The van der Waals surface area contributed by atoms with Gasteiger partial charge in [-0.2, -0.15) is 0 Å². The molecule has 2 aromatic heterocycles. The zero-order valence-corrected chi connectivity index (χ0v) is 16.2. The lowest BCUT2D eigenvalue weighted by molar-refractivity contribution is -0.130. The molecule has 0 aromatic carbocycles. The van der Waals surface area contributed by atoms with Gasteiger partial charge in [0.25, 0.3) is 0 Å². The molecule has 3 fully saturated rings. The zero-order chi connectivity index (χ0) is 19.8. The number of aromatic nitrogens is 4. The largest absolute Gasteiger partial charge is 0.488 e. The summed E-state index contributed by atoms with van der Waals surface area (Å²) in [4.78, 5) is 18.7. The van der Waals surface area contributed by atoms with E-state index in [-0.39, 0.29) is 18.6 Å². The predicted molar refractivity (Wildman–Crippen MR) is 104 cm³/mol. The standard InChI is InChI=1S/C21H23N5O3/c27-19(25-9-1-2-10-25)14-26-13-17(23-24-26)20-18(29-16-3-4-16)11-15(12-22-20)5-6-21(28)7-8-21/h11-13,16,28H,1-4,7-10,14H2. The fraction of sp³-hybridized carbons (Fsp3) is 0.524. The Labute approximate surface area is 168 Å². The SMILES string of the molecule is O=C(Cn1cc(-c2ncc(C#CC3(O)CC3)cc2OC2CC2)nn1)N1CCCC1. The van der Waals surface area contributed by atoms with Crippen LogP contribution in [0.3, 0.4) is 0 Å². The van der Waals surface area contributed by atoms with Crippen molar-refractivity contribution in [3.63, 3.8) is 0 Å². The first kappa shape index (κ1) is 18.1. The molecular weight excluding hydrogens is 370 g/mol. The maximum Gasteiger partial charge on any atom is 0.244 e. The molecular formula is C21H23N5O3. The van der Waals surface area contributed by atoms with Gasteiger partial charge < -0.3 is 14.7 Å². The second-order valence-electron chi connectivity index (χ2n) is 8.06. The van der Waals surface area contributed by atoms with Gasteiger partial charge in [-0.1, -0.05) is 17.1 Å². The minimum atomic E-state index is -0.833. The summed E-state index contributed by atoms with van der Waals surface area (Å²) in [6.45, 7) is 1.81. The van der Waals surface area contributed by atoms with E-state index >= 15 is 0 Å². The molecule has 8 nitrogen and oxygen atoms in total. The van der Waals surface area contributed by atoms with Crippen LogP contribution in [0, 0.1) is 11.8 Å². The highest BCUT2D eigenvalue weighted by Gasteiger charge is 2.38. The highest BCUT2D eigenvalue weighted by Crippen LogP contribution is 2.35. The summed E-state index contributed by atoms with van der Waals surface area (Å²) in [5, 5.41) is 18.2. The summed E-state index contributed by atoms with van der Waals surface area (Å²) in [6, 6.07) is 1.84. The third kappa shape index (κ3) is 4.25. The van der Waals surface area contributed by atoms with Crippen molar-refractivity contribution in [2.45, 2.75) is 56.8 Å². The first-order chi connectivity index (χ1) is 14.1. The highest BCUT2D eigenvalue weighted by atomic mass is 16.5. The van der Waals surface area contributed by atoms with Gasteiger partial charge in [0.1, 0.15) is 29.3 Å². The number of likely N-dealkylation sites (tertiary alicyclic amines) is 1. The molecule has 1 saturated heterocycles. The molecule has 0 unspecified atom stereocenters. The normalized spacial score (nSPS) is 19.6. The van der Waals surface area contributed by atoms with Crippen LogP contribution in [-0.2, 0) is 11.3 Å². The summed E-state index contributed by atoms with van der Waals surface area (Å²) in [5.74, 6) is 6.55. The predicted octanol–water partition coefficient (Wildman–Crippen LogP) is 1.38. The van der Waals surface area contributed by atoms with E-state index in [1.807, 2.05) is 11.0 Å². The van der Waals surface area contributed by atoms with E-state index in [0.29, 0.717) is 22.7 Å². The van der Waals surface area contributed by atoms with E-state index in [0.717, 1.165) is 51.6 Å². The van der Waals surface area contributed by atoms with Gasteiger partial charge >= 0.3 is 0 Å². The molecule has 29 heavy (non-hydrogen) atoms. The van der Waals surface area contributed by atoms with Crippen LogP contribution in [0.2, 0.25) is 0 Å². The average Bonchev–Trinajstić information content (AvgIpc) is 3.54. The second kappa shape index (κ2) is 7.16. The smallest absolute Gasteiger partial charge is 0.244 e. The summed E-state index contributed by atoms with van der Waals surface area (Å²) in [6.07, 6.45) is 9.18. The van der Waals surface area contributed by atoms with Crippen LogP contribution < -0.4 is 4.74 Å². The fourth-order valence-electron chi connectivity index (χ4n) is 3.28. The Hall–Kier alpha value is -2.92. The minimum Gasteiger partial charge on any atom is -0.488 e. The van der Waals surface area contributed by atoms with Gasteiger partial charge in [0, 0.05) is 24.8 Å². The third-order valence-corrected chi connectivity index (χ3v) is 5.37. The lowest BCUT2D eigenvalue weighted by Crippen LogP contribution is -2.31. The molecule has 1 aliphatic heterocycles. The van der Waals surface area contributed by atoms with Gasteiger partial charge in [-0.3, -0.25) is 4.79 Å². The van der Waals surface area contributed by atoms with E-state index < -0.39 is 5.60 Å². The molecule has 0 bridgehead atoms. The number of hydrogen-bond donors (Lipinski definition) is 1. The van der Waals surface area contributed by atoms with E-state index in [4.69, 9.17) is 4.74 Å². The van der Waals surface area contributed by atoms with Crippen molar-refractivity contribution in [1.82, 2.24) is 24.9 Å². The number of pyridine rings is 1. The monoisotopic (exact) mass is 393 g/mol. The molecule has 5 rings (SSSR count). The van der Waals surface area contributed by atoms with Gasteiger partial charge in [0.15, 0.2) is 0 Å².